The molecule has 0 unspecified atom stereocenters. The van der Waals surface area contributed by atoms with Crippen LogP contribution in [0.1, 0.15) is 45.6 Å². The zero-order valence-corrected chi connectivity index (χ0v) is 27.1. The predicted octanol–water partition coefficient (Wildman–Crippen LogP) is 7.31. The van der Waals surface area contributed by atoms with E-state index < -0.39 is 30.1 Å². The number of aliphatic hydroxyl groups is 1. The Labute approximate surface area is 221 Å². The van der Waals surface area contributed by atoms with Gasteiger partial charge in [0.15, 0.2) is 0 Å². The molecule has 0 fully saturated rings. The summed E-state index contributed by atoms with van der Waals surface area (Å²) in [5.41, 5.74) is 5.08. The lowest BCUT2D eigenvalue weighted by Gasteiger charge is -2.36. The van der Waals surface area contributed by atoms with Gasteiger partial charge >= 0.3 is 5.97 Å². The molecule has 0 spiro atoms. The lowest BCUT2D eigenvalue weighted by molar-refractivity contribution is -0.132. The van der Waals surface area contributed by atoms with Crippen molar-refractivity contribution in [2.45, 2.75) is 103 Å². The highest BCUT2D eigenvalue weighted by atomic mass is 28.4. The van der Waals surface area contributed by atoms with Crippen molar-refractivity contribution in [2.75, 3.05) is 0 Å². The molecule has 1 aliphatic carbocycles. The van der Waals surface area contributed by atoms with Gasteiger partial charge in [-0.05, 0) is 35.8 Å². The average molecular weight is 541 g/mol. The van der Waals surface area contributed by atoms with Gasteiger partial charge < -0.3 is 14.3 Å². The van der Waals surface area contributed by atoms with Gasteiger partial charge in [0.2, 0.25) is 8.32 Å². The van der Waals surface area contributed by atoms with Crippen molar-refractivity contribution in [3.63, 3.8) is 0 Å². The largest absolute Gasteiger partial charge is 0.544 e. The maximum Gasteiger partial charge on any atom is 0.335 e. The van der Waals surface area contributed by atoms with Crippen LogP contribution in [0, 0.1) is 11.5 Å². The molecule has 1 aromatic carbocycles. The van der Waals surface area contributed by atoms with E-state index in [4.69, 9.17) is 9.16 Å². The first kappa shape index (κ1) is 28.7. The van der Waals surface area contributed by atoms with E-state index >= 15 is 0 Å². The van der Waals surface area contributed by atoms with Crippen molar-refractivity contribution in [1.82, 2.24) is 0 Å². The summed E-state index contributed by atoms with van der Waals surface area (Å²) >= 11 is 0. The SMILES string of the molecule is CC(C)(C)[Si](C)(C)Oc1ccc(C2=C3OC(=O)C([Si](C)(C)C)=C3C[C@](O)(CC#C[Si](C)(C)C)C2)cc1. The number of allylic oxidation sites excluding steroid dienone is 1. The number of fused-ring (bicyclic) bond motifs is 1. The van der Waals surface area contributed by atoms with E-state index in [-0.39, 0.29) is 11.0 Å². The van der Waals surface area contributed by atoms with Crippen LogP contribution in [0.4, 0.5) is 0 Å². The molecule has 4 nitrogen and oxygen atoms in total. The van der Waals surface area contributed by atoms with Crippen LogP contribution in [0.2, 0.25) is 57.4 Å². The molecule has 1 heterocycles. The van der Waals surface area contributed by atoms with Crippen LogP contribution in [0.5, 0.6) is 5.75 Å². The predicted molar refractivity (Wildman–Crippen MR) is 158 cm³/mol. The van der Waals surface area contributed by atoms with Crippen molar-refractivity contribution >= 4 is 36.0 Å². The normalized spacial score (nSPS) is 21.2. The van der Waals surface area contributed by atoms with E-state index in [2.05, 4.69) is 84.6 Å². The molecule has 1 aromatic rings. The molecule has 196 valence electrons. The fraction of sp³-hybridized carbons (Fsp3) is 0.552. The Morgan fingerprint density at radius 3 is 2.03 bits per heavy atom. The lowest BCUT2D eigenvalue weighted by atomic mass is 9.77. The fourth-order valence-corrected chi connectivity index (χ4v) is 7.84. The minimum atomic E-state index is -1.99. The van der Waals surface area contributed by atoms with Crippen LogP contribution in [0.25, 0.3) is 5.57 Å². The van der Waals surface area contributed by atoms with E-state index in [1.165, 1.54) is 0 Å². The number of hydrogen-bond donors (Lipinski definition) is 1. The number of rotatable bonds is 5. The number of carbonyl (C=O) groups excluding carboxylic acids is 1. The van der Waals surface area contributed by atoms with Crippen molar-refractivity contribution in [2.24, 2.45) is 0 Å². The number of carbonyl (C=O) groups is 1. The Morgan fingerprint density at radius 2 is 1.53 bits per heavy atom. The highest BCUT2D eigenvalue weighted by Gasteiger charge is 2.46. The molecule has 0 bridgehead atoms. The maximum absolute atomic E-state index is 13.0. The van der Waals surface area contributed by atoms with Crippen LogP contribution in [-0.4, -0.2) is 41.1 Å². The Morgan fingerprint density at radius 1 is 0.972 bits per heavy atom. The first-order valence-electron chi connectivity index (χ1n) is 12.9. The van der Waals surface area contributed by atoms with Gasteiger partial charge in [0.1, 0.15) is 19.6 Å². The molecule has 36 heavy (non-hydrogen) atoms. The summed E-state index contributed by atoms with van der Waals surface area (Å²) in [6.07, 6.45) is 1.20. The molecule has 2 aliphatic rings. The molecule has 1 atom stereocenters. The molecule has 3 rings (SSSR count). The van der Waals surface area contributed by atoms with Crippen molar-refractivity contribution in [3.05, 3.63) is 46.4 Å². The summed E-state index contributed by atoms with van der Waals surface area (Å²) in [6, 6.07) is 8.06. The summed E-state index contributed by atoms with van der Waals surface area (Å²) in [7, 11) is -5.50. The highest BCUT2D eigenvalue weighted by Crippen LogP contribution is 2.49. The second-order valence-electron chi connectivity index (χ2n) is 14.0. The van der Waals surface area contributed by atoms with Crippen LogP contribution >= 0.6 is 0 Å². The van der Waals surface area contributed by atoms with Gasteiger partial charge in [-0.1, -0.05) is 72.2 Å². The quantitative estimate of drug-likeness (QED) is 0.242. The molecule has 0 saturated heterocycles. The standard InChI is InChI=1S/C29H44O4Si3/c1-28(2,3)36(10,11)33-22-15-13-21(14-16-22)23-19-29(31,17-12-18-34(4,5)6)20-24-25(23)32-27(30)26(24)35(7,8)9/h13-16,31H,17,19-20H2,1-11H3/t29-/m0/s1. The number of ether oxygens (including phenoxy) is 1. The van der Waals surface area contributed by atoms with E-state index in [0.29, 0.717) is 25.0 Å². The molecule has 1 N–H and O–H groups in total. The third kappa shape index (κ3) is 6.34. The third-order valence-corrected chi connectivity index (χ3v) is 14.6. The van der Waals surface area contributed by atoms with Crippen LogP contribution < -0.4 is 4.43 Å². The van der Waals surface area contributed by atoms with Gasteiger partial charge in [0, 0.05) is 35.6 Å². The molecular formula is C29H44O4Si3. The molecule has 0 aromatic heterocycles. The third-order valence-electron chi connectivity index (χ3n) is 7.27. The first-order valence-corrected chi connectivity index (χ1v) is 22.8. The zero-order chi connectivity index (χ0) is 27.3. The summed E-state index contributed by atoms with van der Waals surface area (Å²) in [6.45, 7) is 24.2. The van der Waals surface area contributed by atoms with Crippen molar-refractivity contribution in [1.29, 1.82) is 0 Å². The van der Waals surface area contributed by atoms with Crippen LogP contribution in [0.3, 0.4) is 0 Å². The van der Waals surface area contributed by atoms with Gasteiger partial charge in [-0.3, -0.25) is 0 Å². The van der Waals surface area contributed by atoms with E-state index in [1.54, 1.807) is 0 Å². The zero-order valence-electron chi connectivity index (χ0n) is 24.1. The van der Waals surface area contributed by atoms with Gasteiger partial charge in [0.25, 0.3) is 0 Å². The summed E-state index contributed by atoms with van der Waals surface area (Å²) in [5, 5.41) is 12.7. The summed E-state index contributed by atoms with van der Waals surface area (Å²) < 4.78 is 12.4. The number of benzene rings is 1. The highest BCUT2D eigenvalue weighted by molar-refractivity contribution is 6.87. The van der Waals surface area contributed by atoms with Gasteiger partial charge in [-0.15, -0.1) is 11.5 Å². The average Bonchev–Trinajstić information content (AvgIpc) is 3.01. The fourth-order valence-electron chi connectivity index (χ4n) is 4.42. The van der Waals surface area contributed by atoms with Crippen LogP contribution in [0.15, 0.2) is 40.8 Å². The molecule has 0 radical (unpaired) electrons. The van der Waals surface area contributed by atoms with Gasteiger partial charge in [-0.2, -0.15) is 0 Å². The Hall–Kier alpha value is -1.86. The second kappa shape index (κ2) is 9.47. The summed E-state index contributed by atoms with van der Waals surface area (Å²) in [5.74, 6) is 4.55. The maximum atomic E-state index is 13.0. The Balaban J connectivity index is 2.06. The first-order chi connectivity index (χ1) is 16.2. The van der Waals surface area contributed by atoms with E-state index in [0.717, 1.165) is 27.7 Å². The Kier molecular flexibility index (Phi) is 7.55. The Bertz CT molecular complexity index is 1160. The van der Waals surface area contributed by atoms with Gasteiger partial charge in [-0.25, -0.2) is 4.79 Å². The van der Waals surface area contributed by atoms with Gasteiger partial charge in [0.05, 0.1) is 13.7 Å². The monoisotopic (exact) mass is 540 g/mol. The molecular weight excluding hydrogens is 497 g/mol. The molecule has 0 saturated carbocycles. The molecule has 0 amide bonds. The van der Waals surface area contributed by atoms with Crippen LogP contribution in [-0.2, 0) is 9.53 Å². The second-order valence-corrected chi connectivity index (χ2v) is 28.5. The minimum absolute atomic E-state index is 0.109. The summed E-state index contributed by atoms with van der Waals surface area (Å²) in [4.78, 5) is 13.0. The van der Waals surface area contributed by atoms with Crippen molar-refractivity contribution < 1.29 is 19.1 Å². The van der Waals surface area contributed by atoms with E-state index in [9.17, 15) is 9.90 Å². The minimum Gasteiger partial charge on any atom is -0.544 e. The topological polar surface area (TPSA) is 55.8 Å². The van der Waals surface area contributed by atoms with E-state index in [1.807, 2.05) is 24.3 Å². The lowest BCUT2D eigenvalue weighted by Crippen LogP contribution is -2.43. The van der Waals surface area contributed by atoms with Crippen molar-refractivity contribution in [3.8, 4) is 17.2 Å². The molecule has 1 aliphatic heterocycles. The molecule has 7 heteroatoms. The number of esters is 1. The number of hydrogen-bond acceptors (Lipinski definition) is 4. The smallest absolute Gasteiger partial charge is 0.335 e.